The molecule has 6 heteroatoms. The van der Waals surface area contributed by atoms with Crippen molar-refractivity contribution in [1.29, 1.82) is 0 Å². The zero-order chi connectivity index (χ0) is 14.1. The van der Waals surface area contributed by atoms with Gasteiger partial charge in [-0.2, -0.15) is 5.10 Å². The van der Waals surface area contributed by atoms with Gasteiger partial charge in [0, 0.05) is 25.0 Å². The standard InChI is InChI=1S/C14H11N3O2S/c1-17-13(11-2-3-12(20-11)14(18)19)10(8-16-17)9-4-6-15-7-5-9/h2-8H,1H3,(H,18,19). The highest BCUT2D eigenvalue weighted by atomic mass is 32.1. The maximum absolute atomic E-state index is 11.0. The molecule has 3 heterocycles. The Hall–Kier alpha value is -2.47. The van der Waals surface area contributed by atoms with E-state index < -0.39 is 5.97 Å². The van der Waals surface area contributed by atoms with Crippen molar-refractivity contribution < 1.29 is 9.90 Å². The zero-order valence-electron chi connectivity index (χ0n) is 10.6. The van der Waals surface area contributed by atoms with E-state index in [9.17, 15) is 4.79 Å². The van der Waals surface area contributed by atoms with Crippen LogP contribution in [0.2, 0.25) is 0 Å². The van der Waals surface area contributed by atoms with Crippen molar-refractivity contribution in [2.24, 2.45) is 7.05 Å². The molecule has 0 amide bonds. The molecule has 0 saturated heterocycles. The lowest BCUT2D eigenvalue weighted by Gasteiger charge is -2.03. The molecule has 0 spiro atoms. The van der Waals surface area contributed by atoms with Crippen LogP contribution in [-0.4, -0.2) is 25.8 Å². The molecule has 5 nitrogen and oxygen atoms in total. The number of aromatic carboxylic acids is 1. The summed E-state index contributed by atoms with van der Waals surface area (Å²) in [4.78, 5) is 16.2. The van der Waals surface area contributed by atoms with Gasteiger partial charge < -0.3 is 5.11 Å². The summed E-state index contributed by atoms with van der Waals surface area (Å²) in [5.74, 6) is -0.908. The molecule has 3 rings (SSSR count). The Morgan fingerprint density at radius 2 is 2.00 bits per heavy atom. The van der Waals surface area contributed by atoms with E-state index in [0.29, 0.717) is 4.88 Å². The van der Waals surface area contributed by atoms with E-state index in [4.69, 9.17) is 5.11 Å². The third-order valence-electron chi connectivity index (χ3n) is 2.98. The van der Waals surface area contributed by atoms with Crippen LogP contribution in [0, 0.1) is 0 Å². The molecule has 0 unspecified atom stereocenters. The number of carboxylic acids is 1. The zero-order valence-corrected chi connectivity index (χ0v) is 11.5. The van der Waals surface area contributed by atoms with E-state index in [1.165, 1.54) is 11.3 Å². The lowest BCUT2D eigenvalue weighted by atomic mass is 10.1. The molecule has 3 aromatic heterocycles. The number of thiophene rings is 1. The van der Waals surface area contributed by atoms with Crippen LogP contribution in [0.15, 0.2) is 42.9 Å². The summed E-state index contributed by atoms with van der Waals surface area (Å²) in [7, 11) is 1.85. The largest absolute Gasteiger partial charge is 0.477 e. The van der Waals surface area contributed by atoms with Crippen molar-refractivity contribution in [2.75, 3.05) is 0 Å². The second kappa shape index (κ2) is 4.90. The predicted octanol–water partition coefficient (Wildman–Crippen LogP) is 2.91. The van der Waals surface area contributed by atoms with Gasteiger partial charge in [-0.1, -0.05) is 0 Å². The monoisotopic (exact) mass is 285 g/mol. The van der Waals surface area contributed by atoms with Crippen molar-refractivity contribution in [2.45, 2.75) is 0 Å². The van der Waals surface area contributed by atoms with Crippen LogP contribution >= 0.6 is 11.3 Å². The molecule has 1 N–H and O–H groups in total. The molecule has 0 saturated carbocycles. The number of nitrogens with zero attached hydrogens (tertiary/aromatic N) is 3. The van der Waals surface area contributed by atoms with Crippen LogP contribution in [-0.2, 0) is 7.05 Å². The second-order valence-corrected chi connectivity index (χ2v) is 5.32. The summed E-state index contributed by atoms with van der Waals surface area (Å²) in [6, 6.07) is 7.25. The summed E-state index contributed by atoms with van der Waals surface area (Å²) in [6.45, 7) is 0. The van der Waals surface area contributed by atoms with Crippen molar-refractivity contribution in [3.8, 4) is 21.7 Å². The van der Waals surface area contributed by atoms with Crippen molar-refractivity contribution in [3.63, 3.8) is 0 Å². The first-order valence-electron chi connectivity index (χ1n) is 5.92. The quantitative estimate of drug-likeness (QED) is 0.803. The van der Waals surface area contributed by atoms with Crippen molar-refractivity contribution in [3.05, 3.63) is 47.7 Å². The van der Waals surface area contributed by atoms with E-state index in [-0.39, 0.29) is 0 Å². The second-order valence-electron chi connectivity index (χ2n) is 4.24. The predicted molar refractivity (Wildman–Crippen MR) is 76.7 cm³/mol. The van der Waals surface area contributed by atoms with Gasteiger partial charge in [0.15, 0.2) is 0 Å². The first kappa shape index (κ1) is 12.6. The average Bonchev–Trinajstić information content (AvgIpc) is 3.06. The van der Waals surface area contributed by atoms with Gasteiger partial charge in [-0.25, -0.2) is 4.79 Å². The van der Waals surface area contributed by atoms with Crippen LogP contribution in [0.4, 0.5) is 0 Å². The molecule has 0 aliphatic carbocycles. The topological polar surface area (TPSA) is 68.0 Å². The van der Waals surface area contributed by atoms with Crippen LogP contribution < -0.4 is 0 Å². The molecule has 0 bridgehead atoms. The smallest absolute Gasteiger partial charge is 0.345 e. The molecule has 3 aromatic rings. The molecule has 0 aliphatic rings. The van der Waals surface area contributed by atoms with Gasteiger partial charge >= 0.3 is 5.97 Å². The maximum Gasteiger partial charge on any atom is 0.345 e. The van der Waals surface area contributed by atoms with Crippen LogP contribution in [0.5, 0.6) is 0 Å². The third kappa shape index (κ3) is 2.10. The molecule has 100 valence electrons. The third-order valence-corrected chi connectivity index (χ3v) is 4.06. The highest BCUT2D eigenvalue weighted by molar-refractivity contribution is 7.17. The average molecular weight is 285 g/mol. The molecular formula is C14H11N3O2S. The van der Waals surface area contributed by atoms with Gasteiger partial charge in [-0.05, 0) is 29.8 Å². The number of rotatable bonds is 3. The van der Waals surface area contributed by atoms with E-state index in [1.54, 1.807) is 29.3 Å². The fourth-order valence-corrected chi connectivity index (χ4v) is 2.99. The molecule has 0 aliphatic heterocycles. The van der Waals surface area contributed by atoms with E-state index in [0.717, 1.165) is 21.7 Å². The molecule has 20 heavy (non-hydrogen) atoms. The van der Waals surface area contributed by atoms with Crippen LogP contribution in [0.25, 0.3) is 21.7 Å². The van der Waals surface area contributed by atoms with Gasteiger partial charge in [0.1, 0.15) is 4.88 Å². The molecule has 0 radical (unpaired) electrons. The Morgan fingerprint density at radius 3 is 2.65 bits per heavy atom. The number of carbonyl (C=O) groups is 1. The van der Waals surface area contributed by atoms with Crippen LogP contribution in [0.3, 0.4) is 0 Å². The Kier molecular flexibility index (Phi) is 3.08. The van der Waals surface area contributed by atoms with Gasteiger partial charge in [-0.3, -0.25) is 9.67 Å². The summed E-state index contributed by atoms with van der Waals surface area (Å²) in [5, 5.41) is 13.3. The lowest BCUT2D eigenvalue weighted by molar-refractivity contribution is 0.0702. The highest BCUT2D eigenvalue weighted by Crippen LogP contribution is 2.35. The Bertz CT molecular complexity index is 762. The maximum atomic E-state index is 11.0. The molecular weight excluding hydrogens is 274 g/mol. The number of hydrogen-bond donors (Lipinski definition) is 1. The number of aromatic nitrogens is 3. The Balaban J connectivity index is 2.14. The summed E-state index contributed by atoms with van der Waals surface area (Å²) < 4.78 is 1.76. The minimum absolute atomic E-state index is 0.321. The molecule has 0 aromatic carbocycles. The SMILES string of the molecule is Cn1ncc(-c2ccncc2)c1-c1ccc(C(=O)O)s1. The lowest BCUT2D eigenvalue weighted by Crippen LogP contribution is -1.93. The van der Waals surface area contributed by atoms with Gasteiger partial charge in [-0.15, -0.1) is 11.3 Å². The normalized spacial score (nSPS) is 10.7. The summed E-state index contributed by atoms with van der Waals surface area (Å²) in [6.07, 6.45) is 5.23. The van der Waals surface area contributed by atoms with E-state index in [1.807, 2.05) is 25.2 Å². The number of carboxylic acid groups (broad SMARTS) is 1. The number of hydrogen-bond acceptors (Lipinski definition) is 4. The summed E-state index contributed by atoms with van der Waals surface area (Å²) >= 11 is 1.25. The van der Waals surface area contributed by atoms with Gasteiger partial charge in [0.25, 0.3) is 0 Å². The van der Waals surface area contributed by atoms with E-state index >= 15 is 0 Å². The first-order chi connectivity index (χ1) is 9.66. The summed E-state index contributed by atoms with van der Waals surface area (Å²) in [5.41, 5.74) is 2.88. The van der Waals surface area contributed by atoms with Crippen molar-refractivity contribution in [1.82, 2.24) is 14.8 Å². The van der Waals surface area contributed by atoms with Crippen molar-refractivity contribution >= 4 is 17.3 Å². The van der Waals surface area contributed by atoms with Gasteiger partial charge in [0.2, 0.25) is 0 Å². The number of aryl methyl sites for hydroxylation is 1. The minimum atomic E-state index is -0.908. The first-order valence-corrected chi connectivity index (χ1v) is 6.74. The van der Waals surface area contributed by atoms with Crippen LogP contribution in [0.1, 0.15) is 9.67 Å². The minimum Gasteiger partial charge on any atom is -0.477 e. The number of pyridine rings is 1. The molecule has 0 fully saturated rings. The fraction of sp³-hybridized carbons (Fsp3) is 0.0714. The molecule has 0 atom stereocenters. The van der Waals surface area contributed by atoms with Gasteiger partial charge in [0.05, 0.1) is 16.8 Å². The Labute approximate surface area is 119 Å². The fourth-order valence-electron chi connectivity index (χ4n) is 2.05. The Morgan fingerprint density at radius 1 is 1.25 bits per heavy atom. The highest BCUT2D eigenvalue weighted by Gasteiger charge is 2.16. The van der Waals surface area contributed by atoms with E-state index in [2.05, 4.69) is 10.1 Å².